The number of nitrogens with zero attached hydrogens (tertiary/aromatic N) is 2. The first kappa shape index (κ1) is 6.43. The van der Waals surface area contributed by atoms with Gasteiger partial charge in [0.25, 0.3) is 0 Å². The van der Waals surface area contributed by atoms with Gasteiger partial charge < -0.3 is 5.73 Å². The smallest absolute Gasteiger partial charge is 0.332 e. The molecule has 5 heteroatoms. The third-order valence-corrected chi connectivity index (χ3v) is 0.297. The Kier molecular flexibility index (Phi) is 2.90. The average molecular weight is 112 g/mol. The van der Waals surface area contributed by atoms with Crippen molar-refractivity contribution in [2.24, 2.45) is 10.8 Å². The van der Waals surface area contributed by atoms with E-state index in [4.69, 9.17) is 5.26 Å². The van der Waals surface area contributed by atoms with Crippen molar-refractivity contribution in [2.45, 2.75) is 0 Å². The van der Waals surface area contributed by atoms with E-state index in [1.807, 2.05) is 5.43 Å². The average Bonchev–Trinajstić information content (AvgIpc) is 1.66. The largest absolute Gasteiger partial charge is 0.350 e. The topological polar surface area (TPSA) is 91.3 Å². The molecule has 0 spiro atoms. The number of amides is 2. The number of nitriles is 1. The number of rotatable bonds is 1. The standard InChI is InChI=1S/C3H4N4O/c4-1-2-6-7-3(5)8/h2H,(H3,5,7,8). The molecule has 0 heterocycles. The summed E-state index contributed by atoms with van der Waals surface area (Å²) in [5, 5.41) is 10.9. The Morgan fingerprint density at radius 2 is 2.62 bits per heavy atom. The maximum atomic E-state index is 9.76. The van der Waals surface area contributed by atoms with Gasteiger partial charge in [0.15, 0.2) is 0 Å². The molecule has 0 aliphatic rings. The molecule has 0 aliphatic carbocycles. The molecule has 0 unspecified atom stereocenters. The first-order chi connectivity index (χ1) is 3.77. The SMILES string of the molecule is N#CC=NNC(N)=O. The van der Waals surface area contributed by atoms with Crippen LogP contribution in [0.5, 0.6) is 0 Å². The summed E-state index contributed by atoms with van der Waals surface area (Å²) in [5.41, 5.74) is 6.39. The van der Waals surface area contributed by atoms with Crippen LogP contribution in [0.1, 0.15) is 0 Å². The summed E-state index contributed by atoms with van der Waals surface area (Å²) in [5.74, 6) is 0. The quantitative estimate of drug-likeness (QED) is 0.342. The van der Waals surface area contributed by atoms with Gasteiger partial charge in [-0.2, -0.15) is 10.4 Å². The van der Waals surface area contributed by atoms with E-state index < -0.39 is 6.03 Å². The van der Waals surface area contributed by atoms with Gasteiger partial charge in [-0.05, 0) is 0 Å². The Labute approximate surface area is 45.8 Å². The van der Waals surface area contributed by atoms with Crippen LogP contribution in [-0.2, 0) is 0 Å². The van der Waals surface area contributed by atoms with Crippen molar-refractivity contribution in [3.63, 3.8) is 0 Å². The van der Waals surface area contributed by atoms with Gasteiger partial charge in [0.05, 0.1) is 0 Å². The minimum Gasteiger partial charge on any atom is -0.350 e. The third kappa shape index (κ3) is 4.43. The maximum absolute atomic E-state index is 9.76. The van der Waals surface area contributed by atoms with Crippen LogP contribution >= 0.6 is 0 Å². The fourth-order valence-electron chi connectivity index (χ4n) is 0.125. The molecule has 0 aliphatic heterocycles. The van der Waals surface area contributed by atoms with E-state index >= 15 is 0 Å². The van der Waals surface area contributed by atoms with Crippen molar-refractivity contribution in [1.29, 1.82) is 5.26 Å². The number of nitrogens with one attached hydrogen (secondary N) is 1. The van der Waals surface area contributed by atoms with Crippen LogP contribution in [0.25, 0.3) is 0 Å². The van der Waals surface area contributed by atoms with Crippen LogP contribution in [0.2, 0.25) is 0 Å². The van der Waals surface area contributed by atoms with E-state index in [9.17, 15) is 4.79 Å². The van der Waals surface area contributed by atoms with Gasteiger partial charge in [-0.25, -0.2) is 10.2 Å². The van der Waals surface area contributed by atoms with Crippen molar-refractivity contribution < 1.29 is 4.79 Å². The highest BCUT2D eigenvalue weighted by Crippen LogP contribution is 1.53. The number of hydrogen-bond donors (Lipinski definition) is 2. The van der Waals surface area contributed by atoms with Gasteiger partial charge in [-0.15, -0.1) is 0 Å². The van der Waals surface area contributed by atoms with Gasteiger partial charge in [0.1, 0.15) is 12.3 Å². The van der Waals surface area contributed by atoms with E-state index in [0.29, 0.717) is 0 Å². The number of primary amides is 1. The first-order valence-electron chi connectivity index (χ1n) is 1.74. The molecule has 0 atom stereocenters. The summed E-state index contributed by atoms with van der Waals surface area (Å²) in [6.07, 6.45) is 0.866. The Morgan fingerprint density at radius 3 is 3.00 bits per heavy atom. The maximum Gasteiger partial charge on any atom is 0.332 e. The second-order valence-electron chi connectivity index (χ2n) is 0.863. The highest BCUT2D eigenvalue weighted by atomic mass is 16.2. The monoisotopic (exact) mass is 112 g/mol. The van der Waals surface area contributed by atoms with Crippen molar-refractivity contribution in [1.82, 2.24) is 5.43 Å². The molecule has 0 saturated carbocycles. The third-order valence-electron chi connectivity index (χ3n) is 0.297. The Hall–Kier alpha value is -1.57. The fourth-order valence-corrected chi connectivity index (χ4v) is 0.125. The molecule has 0 fully saturated rings. The number of carbonyl (C=O) groups excluding carboxylic acids is 1. The zero-order valence-corrected chi connectivity index (χ0v) is 3.96. The summed E-state index contributed by atoms with van der Waals surface area (Å²) in [7, 11) is 0. The number of carbonyl (C=O) groups is 1. The van der Waals surface area contributed by atoms with E-state index in [-0.39, 0.29) is 0 Å². The van der Waals surface area contributed by atoms with E-state index in [1.54, 1.807) is 6.07 Å². The Balaban J connectivity index is 3.34. The molecule has 0 bridgehead atoms. The molecular formula is C3H4N4O. The van der Waals surface area contributed by atoms with Crippen LogP contribution < -0.4 is 11.2 Å². The minimum absolute atomic E-state index is 0.781. The van der Waals surface area contributed by atoms with Crippen molar-refractivity contribution in [3.05, 3.63) is 0 Å². The summed E-state index contributed by atoms with van der Waals surface area (Å²) >= 11 is 0. The van der Waals surface area contributed by atoms with Gasteiger partial charge in [-0.1, -0.05) is 0 Å². The van der Waals surface area contributed by atoms with Gasteiger partial charge >= 0.3 is 6.03 Å². The second kappa shape index (κ2) is 3.61. The number of urea groups is 1. The predicted octanol–water partition coefficient (Wildman–Crippen LogP) is -0.836. The lowest BCUT2D eigenvalue weighted by atomic mass is 10.9. The van der Waals surface area contributed by atoms with E-state index in [0.717, 1.165) is 6.21 Å². The minimum atomic E-state index is -0.781. The van der Waals surface area contributed by atoms with Gasteiger partial charge in [0, 0.05) is 0 Å². The molecule has 0 rings (SSSR count). The van der Waals surface area contributed by atoms with Crippen LogP contribution in [0.3, 0.4) is 0 Å². The molecule has 0 aromatic heterocycles. The van der Waals surface area contributed by atoms with Crippen LogP contribution in [0.4, 0.5) is 4.79 Å². The summed E-state index contributed by atoms with van der Waals surface area (Å²) in [6, 6.07) is 0.780. The number of hydrogen-bond acceptors (Lipinski definition) is 3. The molecule has 5 nitrogen and oxygen atoms in total. The molecule has 42 valence electrons. The molecule has 2 amide bonds. The first-order valence-corrected chi connectivity index (χ1v) is 1.74. The molecule has 8 heavy (non-hydrogen) atoms. The zero-order valence-electron chi connectivity index (χ0n) is 3.96. The van der Waals surface area contributed by atoms with Crippen LogP contribution in [0.15, 0.2) is 5.10 Å². The molecule has 3 N–H and O–H groups in total. The van der Waals surface area contributed by atoms with E-state index in [2.05, 4.69) is 10.8 Å². The molecular weight excluding hydrogens is 108 g/mol. The summed E-state index contributed by atoms with van der Waals surface area (Å²) in [4.78, 5) is 9.76. The fraction of sp³-hybridized carbons (Fsp3) is 0. The Morgan fingerprint density at radius 1 is 2.00 bits per heavy atom. The van der Waals surface area contributed by atoms with Gasteiger partial charge in [0.2, 0.25) is 0 Å². The summed E-state index contributed by atoms with van der Waals surface area (Å²) < 4.78 is 0. The molecule has 0 saturated heterocycles. The van der Waals surface area contributed by atoms with Crippen molar-refractivity contribution in [2.75, 3.05) is 0 Å². The molecule has 0 radical (unpaired) electrons. The Bertz CT molecular complexity index is 144. The van der Waals surface area contributed by atoms with Crippen molar-refractivity contribution in [3.8, 4) is 6.07 Å². The van der Waals surface area contributed by atoms with Crippen LogP contribution in [-0.4, -0.2) is 12.2 Å². The van der Waals surface area contributed by atoms with Crippen molar-refractivity contribution >= 4 is 12.2 Å². The molecule has 0 aromatic rings. The van der Waals surface area contributed by atoms with Crippen LogP contribution in [0, 0.1) is 11.3 Å². The zero-order chi connectivity index (χ0) is 6.41. The second-order valence-corrected chi connectivity index (χ2v) is 0.863. The van der Waals surface area contributed by atoms with E-state index in [1.165, 1.54) is 0 Å². The highest BCUT2D eigenvalue weighted by Gasteiger charge is 1.80. The number of hydrazone groups is 1. The normalized spacial score (nSPS) is 8.38. The lowest BCUT2D eigenvalue weighted by molar-refractivity contribution is 0.249. The lowest BCUT2D eigenvalue weighted by Gasteiger charge is -1.84. The summed E-state index contributed by atoms with van der Waals surface area (Å²) in [6.45, 7) is 0. The molecule has 0 aromatic carbocycles. The number of nitrogens with two attached hydrogens (primary N) is 1. The highest BCUT2D eigenvalue weighted by molar-refractivity contribution is 5.78. The predicted molar refractivity (Wildman–Crippen MR) is 26.8 cm³/mol. The lowest BCUT2D eigenvalue weighted by Crippen LogP contribution is -2.24. The van der Waals surface area contributed by atoms with Gasteiger partial charge in [-0.3, -0.25) is 0 Å².